The first kappa shape index (κ1) is 21.3. The Morgan fingerprint density at radius 3 is 2.29 bits per heavy atom. The number of ether oxygens (including phenoxy) is 3. The van der Waals surface area contributed by atoms with Crippen LogP contribution < -0.4 is 9.47 Å². The van der Waals surface area contributed by atoms with Crippen molar-refractivity contribution in [3.05, 3.63) is 58.7 Å². The Balaban J connectivity index is 2.00. The van der Waals surface area contributed by atoms with E-state index in [2.05, 4.69) is 0 Å². The van der Waals surface area contributed by atoms with E-state index >= 15 is 0 Å². The van der Waals surface area contributed by atoms with E-state index in [-0.39, 0.29) is 12.5 Å². The molecule has 0 spiro atoms. The molecule has 150 valence electrons. The molecular formula is C22H27NO5. The molecule has 0 bridgehead atoms. The predicted molar refractivity (Wildman–Crippen MR) is 107 cm³/mol. The summed E-state index contributed by atoms with van der Waals surface area (Å²) in [6.45, 7) is 6.27. The second kappa shape index (κ2) is 9.78. The lowest BCUT2D eigenvalue weighted by molar-refractivity contribution is -0.134. The Morgan fingerprint density at radius 2 is 1.68 bits per heavy atom. The molecule has 2 aromatic rings. The molecule has 2 rings (SSSR count). The van der Waals surface area contributed by atoms with Gasteiger partial charge in [-0.25, -0.2) is 4.79 Å². The van der Waals surface area contributed by atoms with Crippen LogP contribution in [0.3, 0.4) is 0 Å². The summed E-state index contributed by atoms with van der Waals surface area (Å²) in [4.78, 5) is 26.4. The van der Waals surface area contributed by atoms with E-state index in [9.17, 15) is 9.59 Å². The van der Waals surface area contributed by atoms with Gasteiger partial charge in [-0.3, -0.25) is 4.79 Å². The zero-order valence-electron chi connectivity index (χ0n) is 17.1. The number of methoxy groups -OCH3 is 2. The lowest BCUT2D eigenvalue weighted by Crippen LogP contribution is -2.34. The normalized spacial score (nSPS) is 10.3. The zero-order valence-corrected chi connectivity index (χ0v) is 17.1. The number of carbonyl (C=O) groups excluding carboxylic acids is 2. The number of rotatable bonds is 8. The van der Waals surface area contributed by atoms with Gasteiger partial charge >= 0.3 is 5.97 Å². The first-order chi connectivity index (χ1) is 13.4. The zero-order chi connectivity index (χ0) is 20.7. The van der Waals surface area contributed by atoms with Crippen molar-refractivity contribution in [3.63, 3.8) is 0 Å². The van der Waals surface area contributed by atoms with Crippen LogP contribution in [0.1, 0.15) is 34.0 Å². The lowest BCUT2D eigenvalue weighted by atomic mass is 10.1. The van der Waals surface area contributed by atoms with Gasteiger partial charge in [-0.2, -0.15) is 0 Å². The van der Waals surface area contributed by atoms with Gasteiger partial charge < -0.3 is 19.1 Å². The highest BCUT2D eigenvalue weighted by atomic mass is 16.5. The number of carbonyl (C=O) groups is 2. The van der Waals surface area contributed by atoms with Gasteiger partial charge in [-0.15, -0.1) is 0 Å². The third-order valence-electron chi connectivity index (χ3n) is 4.48. The number of hydrogen-bond donors (Lipinski definition) is 0. The molecule has 0 aromatic heterocycles. The number of hydrogen-bond acceptors (Lipinski definition) is 5. The molecule has 0 saturated heterocycles. The molecule has 6 heteroatoms. The van der Waals surface area contributed by atoms with E-state index in [1.807, 2.05) is 45.0 Å². The van der Waals surface area contributed by atoms with E-state index in [0.29, 0.717) is 30.2 Å². The summed E-state index contributed by atoms with van der Waals surface area (Å²) in [5, 5.41) is 0. The summed E-state index contributed by atoms with van der Waals surface area (Å²) in [7, 11) is 3.14. The van der Waals surface area contributed by atoms with Crippen molar-refractivity contribution in [2.45, 2.75) is 27.3 Å². The van der Waals surface area contributed by atoms with E-state index < -0.39 is 5.97 Å². The monoisotopic (exact) mass is 385 g/mol. The van der Waals surface area contributed by atoms with Crippen LogP contribution in [-0.4, -0.2) is 44.1 Å². The van der Waals surface area contributed by atoms with Crippen LogP contribution >= 0.6 is 0 Å². The second-order valence-corrected chi connectivity index (χ2v) is 6.49. The molecule has 2 aromatic carbocycles. The summed E-state index contributed by atoms with van der Waals surface area (Å²) < 4.78 is 15.8. The third kappa shape index (κ3) is 5.25. The van der Waals surface area contributed by atoms with Crippen LogP contribution in [0.25, 0.3) is 0 Å². The molecule has 0 heterocycles. The van der Waals surface area contributed by atoms with Gasteiger partial charge in [-0.1, -0.05) is 23.8 Å². The van der Waals surface area contributed by atoms with Crippen LogP contribution in [0.4, 0.5) is 0 Å². The van der Waals surface area contributed by atoms with Crippen molar-refractivity contribution in [3.8, 4) is 11.5 Å². The Labute approximate surface area is 166 Å². The van der Waals surface area contributed by atoms with Gasteiger partial charge in [0.2, 0.25) is 0 Å². The van der Waals surface area contributed by atoms with Crippen LogP contribution in [0.15, 0.2) is 36.4 Å². The maximum Gasteiger partial charge on any atom is 0.338 e. The Bertz CT molecular complexity index is 847. The fourth-order valence-electron chi connectivity index (χ4n) is 2.91. The largest absolute Gasteiger partial charge is 0.493 e. The predicted octanol–water partition coefficient (Wildman–Crippen LogP) is 3.53. The maximum atomic E-state index is 12.5. The summed E-state index contributed by atoms with van der Waals surface area (Å²) >= 11 is 0. The number of nitrogens with zero attached hydrogens (tertiary/aromatic N) is 1. The topological polar surface area (TPSA) is 65.1 Å². The maximum absolute atomic E-state index is 12.5. The molecule has 0 aliphatic carbocycles. The van der Waals surface area contributed by atoms with Crippen LogP contribution in [0, 0.1) is 13.8 Å². The molecule has 1 amide bonds. The Morgan fingerprint density at radius 1 is 0.964 bits per heavy atom. The van der Waals surface area contributed by atoms with Gasteiger partial charge in [0.25, 0.3) is 5.91 Å². The minimum Gasteiger partial charge on any atom is -0.493 e. The van der Waals surface area contributed by atoms with Crippen molar-refractivity contribution >= 4 is 11.9 Å². The highest BCUT2D eigenvalue weighted by Crippen LogP contribution is 2.28. The van der Waals surface area contributed by atoms with Gasteiger partial charge in [0.15, 0.2) is 18.1 Å². The molecule has 0 aliphatic heterocycles. The SMILES string of the molecule is CCN(Cc1ccc(OC)c(OC)c1)C(=O)COC(=O)c1ccc(C)cc1C. The van der Waals surface area contributed by atoms with Crippen molar-refractivity contribution in [2.75, 3.05) is 27.4 Å². The Kier molecular flexibility index (Phi) is 7.44. The molecule has 6 nitrogen and oxygen atoms in total. The average Bonchev–Trinajstić information content (AvgIpc) is 2.69. The van der Waals surface area contributed by atoms with E-state index in [4.69, 9.17) is 14.2 Å². The van der Waals surface area contributed by atoms with Crippen molar-refractivity contribution in [1.82, 2.24) is 4.90 Å². The molecule has 0 atom stereocenters. The fourth-order valence-corrected chi connectivity index (χ4v) is 2.91. The molecule has 0 unspecified atom stereocenters. The summed E-state index contributed by atoms with van der Waals surface area (Å²) in [6, 6.07) is 11.0. The molecule has 0 aliphatic rings. The molecular weight excluding hydrogens is 358 g/mol. The summed E-state index contributed by atoms with van der Waals surface area (Å²) in [5.41, 5.74) is 3.27. The van der Waals surface area contributed by atoms with Gasteiger partial charge in [0.05, 0.1) is 19.8 Å². The number of aryl methyl sites for hydroxylation is 2. The van der Waals surface area contributed by atoms with E-state index in [1.54, 1.807) is 31.3 Å². The van der Waals surface area contributed by atoms with Crippen molar-refractivity contribution in [2.24, 2.45) is 0 Å². The van der Waals surface area contributed by atoms with Gasteiger partial charge in [0, 0.05) is 13.1 Å². The number of benzene rings is 2. The van der Waals surface area contributed by atoms with Crippen LogP contribution in [0.5, 0.6) is 11.5 Å². The van der Waals surface area contributed by atoms with Crippen molar-refractivity contribution < 1.29 is 23.8 Å². The molecule has 0 fully saturated rings. The summed E-state index contributed by atoms with van der Waals surface area (Å²) in [6.07, 6.45) is 0. The highest BCUT2D eigenvalue weighted by molar-refractivity contribution is 5.92. The highest BCUT2D eigenvalue weighted by Gasteiger charge is 2.17. The smallest absolute Gasteiger partial charge is 0.338 e. The van der Waals surface area contributed by atoms with Crippen molar-refractivity contribution in [1.29, 1.82) is 0 Å². The lowest BCUT2D eigenvalue weighted by Gasteiger charge is -2.21. The average molecular weight is 385 g/mol. The first-order valence-corrected chi connectivity index (χ1v) is 9.12. The molecule has 0 radical (unpaired) electrons. The Hall–Kier alpha value is -3.02. The minimum absolute atomic E-state index is 0.254. The number of esters is 1. The number of amides is 1. The standard InChI is InChI=1S/C22H27NO5/c1-6-23(13-17-8-10-19(26-4)20(12-17)27-5)21(24)14-28-22(25)18-9-7-15(2)11-16(18)3/h7-12H,6,13-14H2,1-5H3. The third-order valence-corrected chi connectivity index (χ3v) is 4.48. The first-order valence-electron chi connectivity index (χ1n) is 9.12. The molecule has 0 N–H and O–H groups in total. The minimum atomic E-state index is -0.493. The van der Waals surface area contributed by atoms with E-state index in [1.165, 1.54) is 0 Å². The fraction of sp³-hybridized carbons (Fsp3) is 0.364. The molecule has 0 saturated carbocycles. The summed E-state index contributed by atoms with van der Waals surface area (Å²) in [5.74, 6) is 0.483. The quantitative estimate of drug-likeness (QED) is 0.651. The van der Waals surface area contributed by atoms with Crippen LogP contribution in [0.2, 0.25) is 0 Å². The van der Waals surface area contributed by atoms with E-state index in [0.717, 1.165) is 16.7 Å². The molecule has 28 heavy (non-hydrogen) atoms. The van der Waals surface area contributed by atoms with Gasteiger partial charge in [-0.05, 0) is 50.1 Å². The number of likely N-dealkylation sites (N-methyl/N-ethyl adjacent to an activating group) is 1. The van der Waals surface area contributed by atoms with Gasteiger partial charge in [0.1, 0.15) is 0 Å². The second-order valence-electron chi connectivity index (χ2n) is 6.49. The van der Waals surface area contributed by atoms with Crippen LogP contribution in [-0.2, 0) is 16.1 Å².